The average molecular weight is 271 g/mol. The van der Waals surface area contributed by atoms with Crippen LogP contribution in [-0.2, 0) is 4.79 Å². The maximum Gasteiger partial charge on any atom is 0.225 e. The molecule has 104 valence electrons. The van der Waals surface area contributed by atoms with Crippen molar-refractivity contribution in [3.05, 3.63) is 30.1 Å². The Balaban J connectivity index is 1.77. The van der Waals surface area contributed by atoms with Crippen molar-refractivity contribution >= 4 is 11.6 Å². The Morgan fingerprint density at radius 3 is 3.05 bits per heavy atom. The van der Waals surface area contributed by atoms with Crippen LogP contribution >= 0.6 is 0 Å². The van der Waals surface area contributed by atoms with Crippen LogP contribution in [0.15, 0.2) is 24.3 Å². The predicted octanol–water partition coefficient (Wildman–Crippen LogP) is 1.64. The highest BCUT2D eigenvalue weighted by atomic mass is 16.1. The number of aromatic amines is 1. The first kappa shape index (κ1) is 12.8. The van der Waals surface area contributed by atoms with E-state index in [9.17, 15) is 4.79 Å². The highest BCUT2D eigenvalue weighted by molar-refractivity contribution is 5.91. The molecule has 1 amide bonds. The first-order valence-corrected chi connectivity index (χ1v) is 6.79. The lowest BCUT2D eigenvalue weighted by atomic mass is 10.2. The first-order valence-electron chi connectivity index (χ1n) is 6.79. The molecule has 0 bridgehead atoms. The summed E-state index contributed by atoms with van der Waals surface area (Å²) in [5.41, 5.74) is 6.98. The van der Waals surface area contributed by atoms with E-state index >= 15 is 0 Å². The Morgan fingerprint density at radius 2 is 2.30 bits per heavy atom. The number of hydrogen-bond donors (Lipinski definition) is 3. The monoisotopic (exact) mass is 271 g/mol. The fourth-order valence-corrected chi connectivity index (χ4v) is 2.03. The quantitative estimate of drug-likeness (QED) is 0.770. The molecule has 1 aromatic carbocycles. The number of benzene rings is 1. The highest BCUT2D eigenvalue weighted by Crippen LogP contribution is 2.38. The smallest absolute Gasteiger partial charge is 0.225 e. The molecule has 1 saturated carbocycles. The minimum Gasteiger partial charge on any atom is -0.330 e. The third-order valence-electron chi connectivity index (χ3n) is 3.24. The number of rotatable bonds is 5. The summed E-state index contributed by atoms with van der Waals surface area (Å²) >= 11 is 0. The third-order valence-corrected chi connectivity index (χ3v) is 3.24. The van der Waals surface area contributed by atoms with Crippen molar-refractivity contribution in [1.29, 1.82) is 0 Å². The molecular weight excluding hydrogens is 254 g/mol. The van der Waals surface area contributed by atoms with Gasteiger partial charge in [-0.15, -0.1) is 0 Å². The summed E-state index contributed by atoms with van der Waals surface area (Å²) in [5, 5.41) is 10.0. The van der Waals surface area contributed by atoms with E-state index in [0.29, 0.717) is 24.7 Å². The summed E-state index contributed by atoms with van der Waals surface area (Å²) in [6.07, 6.45) is 2.68. The van der Waals surface area contributed by atoms with E-state index in [1.165, 1.54) is 12.8 Å². The zero-order chi connectivity index (χ0) is 13.9. The van der Waals surface area contributed by atoms with Gasteiger partial charge in [0.1, 0.15) is 5.82 Å². The normalized spacial score (nSPS) is 14.2. The zero-order valence-electron chi connectivity index (χ0n) is 11.1. The van der Waals surface area contributed by atoms with Crippen molar-refractivity contribution < 1.29 is 4.79 Å². The molecule has 0 unspecified atom stereocenters. The highest BCUT2D eigenvalue weighted by Gasteiger charge is 2.27. The Bertz CT molecular complexity index is 618. The van der Waals surface area contributed by atoms with Crippen LogP contribution in [0.2, 0.25) is 0 Å². The summed E-state index contributed by atoms with van der Waals surface area (Å²) in [6.45, 7) is 0.344. The molecule has 0 saturated heterocycles. The van der Waals surface area contributed by atoms with Crippen LogP contribution in [0.4, 0.5) is 5.69 Å². The fraction of sp³-hybridized carbons (Fsp3) is 0.357. The number of carbonyl (C=O) groups excluding carboxylic acids is 1. The third kappa shape index (κ3) is 2.85. The Labute approximate surface area is 116 Å². The van der Waals surface area contributed by atoms with Gasteiger partial charge in [-0.1, -0.05) is 12.1 Å². The maximum atomic E-state index is 11.5. The second-order valence-corrected chi connectivity index (χ2v) is 4.99. The van der Waals surface area contributed by atoms with Gasteiger partial charge in [0.15, 0.2) is 5.82 Å². The molecule has 6 heteroatoms. The number of amides is 1. The Kier molecular flexibility index (Phi) is 3.47. The van der Waals surface area contributed by atoms with Gasteiger partial charge in [-0.3, -0.25) is 9.89 Å². The summed E-state index contributed by atoms with van der Waals surface area (Å²) < 4.78 is 0. The minimum atomic E-state index is -0.0849. The molecule has 3 rings (SSSR count). The lowest BCUT2D eigenvalue weighted by Gasteiger charge is -2.05. The van der Waals surface area contributed by atoms with E-state index in [0.717, 1.165) is 17.1 Å². The molecule has 1 heterocycles. The Hall–Kier alpha value is -2.21. The van der Waals surface area contributed by atoms with E-state index in [4.69, 9.17) is 5.73 Å². The molecule has 0 aliphatic heterocycles. The van der Waals surface area contributed by atoms with E-state index in [1.807, 2.05) is 24.3 Å². The van der Waals surface area contributed by atoms with Crippen LogP contribution < -0.4 is 11.1 Å². The van der Waals surface area contributed by atoms with Gasteiger partial charge in [0.25, 0.3) is 0 Å². The first-order chi connectivity index (χ1) is 9.76. The van der Waals surface area contributed by atoms with Gasteiger partial charge in [0, 0.05) is 30.1 Å². The second-order valence-electron chi connectivity index (χ2n) is 4.99. The van der Waals surface area contributed by atoms with Crippen LogP contribution in [0.25, 0.3) is 11.4 Å². The predicted molar refractivity (Wildman–Crippen MR) is 76.1 cm³/mol. The molecule has 20 heavy (non-hydrogen) atoms. The van der Waals surface area contributed by atoms with Crippen LogP contribution in [-0.4, -0.2) is 27.6 Å². The van der Waals surface area contributed by atoms with Gasteiger partial charge >= 0.3 is 0 Å². The fourth-order valence-electron chi connectivity index (χ4n) is 2.03. The maximum absolute atomic E-state index is 11.5. The van der Waals surface area contributed by atoms with Crippen molar-refractivity contribution in [2.75, 3.05) is 11.9 Å². The summed E-state index contributed by atoms with van der Waals surface area (Å²) in [5.74, 6) is 2.08. The van der Waals surface area contributed by atoms with Crippen molar-refractivity contribution in [2.45, 2.75) is 25.2 Å². The second kappa shape index (κ2) is 5.42. The van der Waals surface area contributed by atoms with Crippen molar-refractivity contribution in [3.8, 4) is 11.4 Å². The summed E-state index contributed by atoms with van der Waals surface area (Å²) in [7, 11) is 0. The topological polar surface area (TPSA) is 96.7 Å². The van der Waals surface area contributed by atoms with E-state index in [2.05, 4.69) is 20.5 Å². The largest absolute Gasteiger partial charge is 0.330 e. The SMILES string of the molecule is NCCC(=O)Nc1cccc(-c2n[nH]c(C3CC3)n2)c1. The number of aromatic nitrogens is 3. The van der Waals surface area contributed by atoms with Crippen LogP contribution in [0, 0.1) is 0 Å². The van der Waals surface area contributed by atoms with Crippen LogP contribution in [0.5, 0.6) is 0 Å². The van der Waals surface area contributed by atoms with Gasteiger partial charge in [-0.05, 0) is 25.0 Å². The number of anilines is 1. The molecule has 1 aliphatic carbocycles. The lowest BCUT2D eigenvalue weighted by Crippen LogP contribution is -2.16. The molecule has 0 radical (unpaired) electrons. The molecule has 6 nitrogen and oxygen atoms in total. The van der Waals surface area contributed by atoms with Gasteiger partial charge in [0.2, 0.25) is 5.91 Å². The van der Waals surface area contributed by atoms with Gasteiger partial charge in [-0.2, -0.15) is 5.10 Å². The number of H-pyrrole nitrogens is 1. The molecule has 1 aromatic heterocycles. The van der Waals surface area contributed by atoms with Crippen molar-refractivity contribution in [2.24, 2.45) is 5.73 Å². The standard InChI is InChI=1S/C14H17N5O/c15-7-6-12(20)16-11-3-1-2-10(8-11)14-17-13(18-19-14)9-4-5-9/h1-3,8-9H,4-7,15H2,(H,16,20)(H,17,18,19). The molecule has 0 spiro atoms. The number of carbonyl (C=O) groups is 1. The van der Waals surface area contributed by atoms with E-state index in [1.54, 1.807) is 0 Å². The van der Waals surface area contributed by atoms with Gasteiger partial charge in [0.05, 0.1) is 0 Å². The van der Waals surface area contributed by atoms with Gasteiger partial charge in [-0.25, -0.2) is 4.98 Å². The molecule has 2 aromatic rings. The zero-order valence-corrected chi connectivity index (χ0v) is 11.1. The van der Waals surface area contributed by atoms with E-state index < -0.39 is 0 Å². The van der Waals surface area contributed by atoms with Crippen LogP contribution in [0.1, 0.15) is 31.0 Å². The average Bonchev–Trinajstić information content (AvgIpc) is 3.17. The molecule has 1 aliphatic rings. The van der Waals surface area contributed by atoms with Crippen molar-refractivity contribution in [1.82, 2.24) is 15.2 Å². The summed E-state index contributed by atoms with van der Waals surface area (Å²) in [4.78, 5) is 16.0. The summed E-state index contributed by atoms with van der Waals surface area (Å²) in [6, 6.07) is 7.51. The van der Waals surface area contributed by atoms with Crippen molar-refractivity contribution in [3.63, 3.8) is 0 Å². The minimum absolute atomic E-state index is 0.0849. The molecular formula is C14H17N5O. The van der Waals surface area contributed by atoms with E-state index in [-0.39, 0.29) is 5.91 Å². The molecule has 0 atom stereocenters. The molecule has 4 N–H and O–H groups in total. The van der Waals surface area contributed by atoms with Crippen LogP contribution in [0.3, 0.4) is 0 Å². The van der Waals surface area contributed by atoms with Gasteiger partial charge < -0.3 is 11.1 Å². The Morgan fingerprint density at radius 1 is 1.45 bits per heavy atom. The number of nitrogens with one attached hydrogen (secondary N) is 2. The lowest BCUT2D eigenvalue weighted by molar-refractivity contribution is -0.116. The number of nitrogens with zero attached hydrogens (tertiary/aromatic N) is 2. The number of hydrogen-bond acceptors (Lipinski definition) is 4. The molecule has 1 fully saturated rings. The number of nitrogens with two attached hydrogens (primary N) is 1.